The molecule has 0 atom stereocenters. The lowest BCUT2D eigenvalue weighted by Gasteiger charge is -2.09. The van der Waals surface area contributed by atoms with Gasteiger partial charge in [0.2, 0.25) is 0 Å². The largest absolute Gasteiger partial charge is 0.451 e. The molecule has 1 amide bonds. The lowest BCUT2D eigenvalue weighted by Crippen LogP contribution is -2.11. The van der Waals surface area contributed by atoms with E-state index < -0.39 is 5.63 Å². The van der Waals surface area contributed by atoms with Crippen molar-refractivity contribution in [2.24, 2.45) is 0 Å². The van der Waals surface area contributed by atoms with Gasteiger partial charge in [-0.15, -0.1) is 0 Å². The fourth-order valence-electron chi connectivity index (χ4n) is 3.74. The number of aryl methyl sites for hydroxylation is 1. The number of amides is 1. The van der Waals surface area contributed by atoms with Crippen molar-refractivity contribution >= 4 is 34.2 Å². The molecular formula is C27H18ClNO4. The van der Waals surface area contributed by atoms with Crippen LogP contribution in [0.1, 0.15) is 16.1 Å². The third-order valence-electron chi connectivity index (χ3n) is 5.35. The topological polar surface area (TPSA) is 72.5 Å². The number of fused-ring (bicyclic) bond motifs is 1. The zero-order valence-electron chi connectivity index (χ0n) is 17.6. The third-order valence-corrected chi connectivity index (χ3v) is 5.59. The molecule has 1 N–H and O–H groups in total. The smallest absolute Gasteiger partial charge is 0.344 e. The summed E-state index contributed by atoms with van der Waals surface area (Å²) in [5.41, 5.74) is 3.56. The Kier molecular flexibility index (Phi) is 5.32. The lowest BCUT2D eigenvalue weighted by atomic mass is 10.0. The summed E-state index contributed by atoms with van der Waals surface area (Å²) in [6.45, 7) is 1.88. The summed E-state index contributed by atoms with van der Waals surface area (Å²) in [7, 11) is 0. The van der Waals surface area contributed by atoms with Crippen molar-refractivity contribution in [3.05, 3.63) is 112 Å². The highest BCUT2D eigenvalue weighted by Crippen LogP contribution is 2.28. The van der Waals surface area contributed by atoms with Crippen molar-refractivity contribution in [1.29, 1.82) is 0 Å². The molecule has 0 aliphatic carbocycles. The Morgan fingerprint density at radius 3 is 2.52 bits per heavy atom. The SMILES string of the molecule is Cc1cc(NC(=O)c2ccc(-c3cccc(Cl)c3)o2)ccc1-c1cc2ccccc2oc1=O. The maximum atomic E-state index is 12.7. The van der Waals surface area contributed by atoms with Gasteiger partial charge in [-0.3, -0.25) is 4.79 Å². The normalized spacial score (nSPS) is 11.0. The highest BCUT2D eigenvalue weighted by atomic mass is 35.5. The molecule has 0 aliphatic rings. The Balaban J connectivity index is 1.39. The Labute approximate surface area is 194 Å². The second-order valence-electron chi connectivity index (χ2n) is 7.64. The number of benzene rings is 3. The van der Waals surface area contributed by atoms with Gasteiger partial charge < -0.3 is 14.2 Å². The summed E-state index contributed by atoms with van der Waals surface area (Å²) in [6.07, 6.45) is 0. The van der Waals surface area contributed by atoms with E-state index in [2.05, 4.69) is 5.32 Å². The number of para-hydroxylation sites is 1. The molecule has 6 heteroatoms. The Bertz CT molecular complexity index is 1560. The molecule has 2 aromatic heterocycles. The van der Waals surface area contributed by atoms with Crippen molar-refractivity contribution in [2.45, 2.75) is 6.92 Å². The van der Waals surface area contributed by atoms with E-state index in [1.807, 2.05) is 49.4 Å². The molecule has 0 fully saturated rings. The summed E-state index contributed by atoms with van der Waals surface area (Å²) in [5.74, 6) is 0.361. The minimum atomic E-state index is -0.405. The van der Waals surface area contributed by atoms with Crippen LogP contribution >= 0.6 is 11.6 Å². The van der Waals surface area contributed by atoms with E-state index in [4.69, 9.17) is 20.4 Å². The van der Waals surface area contributed by atoms with Gasteiger partial charge in [0, 0.05) is 21.7 Å². The van der Waals surface area contributed by atoms with E-state index in [0.717, 1.165) is 22.1 Å². The molecule has 0 bridgehead atoms. The van der Waals surface area contributed by atoms with E-state index >= 15 is 0 Å². The zero-order valence-corrected chi connectivity index (χ0v) is 18.3. The first-order valence-electron chi connectivity index (χ1n) is 10.3. The molecule has 33 heavy (non-hydrogen) atoms. The highest BCUT2D eigenvalue weighted by molar-refractivity contribution is 6.30. The predicted molar refractivity (Wildman–Crippen MR) is 130 cm³/mol. The summed E-state index contributed by atoms with van der Waals surface area (Å²) < 4.78 is 11.2. The molecule has 0 saturated carbocycles. The number of carbonyl (C=O) groups is 1. The van der Waals surface area contributed by atoms with Gasteiger partial charge in [-0.25, -0.2) is 4.79 Å². The minimum Gasteiger partial charge on any atom is -0.451 e. The van der Waals surface area contributed by atoms with Gasteiger partial charge in [-0.1, -0.05) is 48.0 Å². The second-order valence-corrected chi connectivity index (χ2v) is 8.08. The number of nitrogens with one attached hydrogen (secondary N) is 1. The van der Waals surface area contributed by atoms with Gasteiger partial charge in [-0.05, 0) is 66.6 Å². The van der Waals surface area contributed by atoms with Gasteiger partial charge in [0.05, 0.1) is 5.56 Å². The van der Waals surface area contributed by atoms with Crippen LogP contribution in [0.4, 0.5) is 5.69 Å². The molecule has 0 unspecified atom stereocenters. The maximum Gasteiger partial charge on any atom is 0.344 e. The van der Waals surface area contributed by atoms with Gasteiger partial charge in [0.15, 0.2) is 5.76 Å². The van der Waals surface area contributed by atoms with Crippen molar-refractivity contribution in [1.82, 2.24) is 0 Å². The fourth-order valence-corrected chi connectivity index (χ4v) is 3.93. The van der Waals surface area contributed by atoms with Crippen LogP contribution < -0.4 is 10.9 Å². The molecule has 162 valence electrons. The quantitative estimate of drug-likeness (QED) is 0.298. The van der Waals surface area contributed by atoms with Crippen LogP contribution in [0.3, 0.4) is 0 Å². The fraction of sp³-hybridized carbons (Fsp3) is 0.0370. The van der Waals surface area contributed by atoms with Gasteiger partial charge in [0.1, 0.15) is 11.3 Å². The molecule has 5 aromatic rings. The maximum absolute atomic E-state index is 12.7. The predicted octanol–water partition coefficient (Wildman–Crippen LogP) is 6.93. The van der Waals surface area contributed by atoms with E-state index in [0.29, 0.717) is 27.6 Å². The van der Waals surface area contributed by atoms with Crippen molar-refractivity contribution in [3.8, 4) is 22.5 Å². The van der Waals surface area contributed by atoms with Crippen LogP contribution in [0, 0.1) is 6.92 Å². The number of hydrogen-bond acceptors (Lipinski definition) is 4. The van der Waals surface area contributed by atoms with Crippen LogP contribution in [-0.2, 0) is 0 Å². The van der Waals surface area contributed by atoms with Crippen molar-refractivity contribution in [2.75, 3.05) is 5.32 Å². The summed E-state index contributed by atoms with van der Waals surface area (Å²) in [6, 6.07) is 25.1. The average Bonchev–Trinajstić information content (AvgIpc) is 3.30. The van der Waals surface area contributed by atoms with E-state index in [1.165, 1.54) is 0 Å². The standard InChI is InChI=1S/C27H18ClNO4/c1-16-13-20(9-10-21(16)22-15-18-5-2-3-8-23(18)33-27(22)31)29-26(30)25-12-11-24(32-25)17-6-4-7-19(28)14-17/h2-15H,1H3,(H,29,30). The molecule has 2 heterocycles. The third kappa shape index (κ3) is 4.19. The summed E-state index contributed by atoms with van der Waals surface area (Å²) >= 11 is 6.04. The first-order chi connectivity index (χ1) is 16.0. The number of hydrogen-bond donors (Lipinski definition) is 1. The number of furan rings is 1. The lowest BCUT2D eigenvalue weighted by molar-refractivity contribution is 0.0997. The van der Waals surface area contributed by atoms with Crippen LogP contribution in [-0.4, -0.2) is 5.91 Å². The van der Waals surface area contributed by atoms with E-state index in [-0.39, 0.29) is 11.7 Å². The molecule has 5 nitrogen and oxygen atoms in total. The van der Waals surface area contributed by atoms with Crippen LogP contribution in [0.25, 0.3) is 33.4 Å². The zero-order chi connectivity index (χ0) is 22.9. The summed E-state index contributed by atoms with van der Waals surface area (Å²) in [4.78, 5) is 25.2. The monoisotopic (exact) mass is 455 g/mol. The highest BCUT2D eigenvalue weighted by Gasteiger charge is 2.15. The molecule has 5 rings (SSSR count). The minimum absolute atomic E-state index is 0.182. The average molecular weight is 456 g/mol. The molecule has 0 aliphatic heterocycles. The molecule has 3 aromatic carbocycles. The molecule has 0 spiro atoms. The van der Waals surface area contributed by atoms with Crippen LogP contribution in [0.15, 0.2) is 98.6 Å². The Hall–Kier alpha value is -4.09. The summed E-state index contributed by atoms with van der Waals surface area (Å²) in [5, 5.41) is 4.27. The van der Waals surface area contributed by atoms with Crippen LogP contribution in [0.2, 0.25) is 5.02 Å². The number of anilines is 1. The van der Waals surface area contributed by atoms with E-state index in [9.17, 15) is 9.59 Å². The van der Waals surface area contributed by atoms with Crippen molar-refractivity contribution in [3.63, 3.8) is 0 Å². The molecular weight excluding hydrogens is 438 g/mol. The van der Waals surface area contributed by atoms with Gasteiger partial charge in [0.25, 0.3) is 5.91 Å². The van der Waals surface area contributed by atoms with E-state index in [1.54, 1.807) is 42.5 Å². The van der Waals surface area contributed by atoms with Crippen molar-refractivity contribution < 1.29 is 13.6 Å². The molecule has 0 radical (unpaired) electrons. The van der Waals surface area contributed by atoms with Gasteiger partial charge >= 0.3 is 5.63 Å². The number of carbonyl (C=O) groups excluding carboxylic acids is 1. The van der Waals surface area contributed by atoms with Crippen LogP contribution in [0.5, 0.6) is 0 Å². The number of rotatable bonds is 4. The second kappa shape index (κ2) is 8.45. The Morgan fingerprint density at radius 2 is 1.70 bits per heavy atom. The Morgan fingerprint density at radius 1 is 0.848 bits per heavy atom. The first-order valence-corrected chi connectivity index (χ1v) is 10.7. The molecule has 0 saturated heterocycles. The van der Waals surface area contributed by atoms with Gasteiger partial charge in [-0.2, -0.15) is 0 Å². The number of halogens is 1. The first kappa shape index (κ1) is 20.8.